The van der Waals surface area contributed by atoms with Crippen LogP contribution in [0.25, 0.3) is 0 Å². The molecule has 0 saturated carbocycles. The van der Waals surface area contributed by atoms with Gasteiger partial charge in [0.25, 0.3) is 0 Å². The minimum atomic E-state index is 0. The number of ether oxygens (including phenoxy) is 2. The molecule has 0 saturated heterocycles. The number of aliphatic imine (C=N–C) groups is 1. The van der Waals surface area contributed by atoms with E-state index in [2.05, 4.69) is 53.7 Å². The summed E-state index contributed by atoms with van der Waals surface area (Å²) in [7, 11) is 0. The Kier molecular flexibility index (Phi) is 9.74. The fourth-order valence-electron chi connectivity index (χ4n) is 3.51. The lowest BCUT2D eigenvalue weighted by Crippen LogP contribution is -2.37. The highest BCUT2D eigenvalue weighted by atomic mass is 127. The summed E-state index contributed by atoms with van der Waals surface area (Å²) in [6.07, 6.45) is 5.05. The molecule has 0 bridgehead atoms. The van der Waals surface area contributed by atoms with E-state index in [1.165, 1.54) is 11.1 Å². The molecule has 1 aliphatic heterocycles. The molecule has 0 aliphatic carbocycles. The lowest BCUT2D eigenvalue weighted by molar-refractivity contribution is 0.254. The lowest BCUT2D eigenvalue weighted by Gasteiger charge is -2.14. The van der Waals surface area contributed by atoms with Gasteiger partial charge in [-0.2, -0.15) is 5.10 Å². The highest BCUT2D eigenvalue weighted by Crippen LogP contribution is 2.35. The number of rotatable bonds is 9. The van der Waals surface area contributed by atoms with Gasteiger partial charge in [-0.25, -0.2) is 4.99 Å². The number of benzene rings is 1. The van der Waals surface area contributed by atoms with E-state index in [0.29, 0.717) is 13.2 Å². The van der Waals surface area contributed by atoms with Crippen LogP contribution in [0.15, 0.2) is 23.3 Å². The third kappa shape index (κ3) is 6.52. The number of H-pyrrole nitrogens is 1. The van der Waals surface area contributed by atoms with Crippen molar-refractivity contribution in [2.45, 2.75) is 59.6 Å². The van der Waals surface area contributed by atoms with Gasteiger partial charge in [-0.1, -0.05) is 0 Å². The predicted molar refractivity (Wildman–Crippen MR) is 131 cm³/mol. The maximum atomic E-state index is 5.92. The quantitative estimate of drug-likeness (QED) is 0.200. The SMILES string of the molecule is CCNC(=NCc1cc2c(cc1OCC)CC(C)O2)NCCCc1cn[nH]c1C.I. The van der Waals surface area contributed by atoms with Crippen molar-refractivity contribution in [1.82, 2.24) is 20.8 Å². The van der Waals surface area contributed by atoms with Crippen LogP contribution in [0.1, 0.15) is 49.6 Å². The second-order valence-electron chi connectivity index (χ2n) is 7.38. The molecule has 166 valence electrons. The Labute approximate surface area is 196 Å². The molecule has 0 fully saturated rings. The zero-order valence-electron chi connectivity index (χ0n) is 18.4. The molecule has 3 rings (SSSR count). The highest BCUT2D eigenvalue weighted by molar-refractivity contribution is 14.0. The summed E-state index contributed by atoms with van der Waals surface area (Å²) in [5.41, 5.74) is 4.67. The zero-order valence-corrected chi connectivity index (χ0v) is 20.7. The minimum absolute atomic E-state index is 0. The first-order valence-electron chi connectivity index (χ1n) is 10.6. The Bertz CT molecular complexity index is 837. The second kappa shape index (κ2) is 12.0. The molecular formula is C22H34IN5O2. The first-order chi connectivity index (χ1) is 14.1. The summed E-state index contributed by atoms with van der Waals surface area (Å²) in [5.74, 6) is 2.67. The molecule has 30 heavy (non-hydrogen) atoms. The summed E-state index contributed by atoms with van der Waals surface area (Å²) in [4.78, 5) is 4.76. The molecule has 8 heteroatoms. The van der Waals surface area contributed by atoms with Crippen molar-refractivity contribution in [3.05, 3.63) is 40.7 Å². The molecule has 0 spiro atoms. The van der Waals surface area contributed by atoms with E-state index in [9.17, 15) is 0 Å². The van der Waals surface area contributed by atoms with Crippen LogP contribution in [0, 0.1) is 6.92 Å². The fourth-order valence-corrected chi connectivity index (χ4v) is 3.51. The molecule has 1 aliphatic rings. The van der Waals surface area contributed by atoms with Crippen molar-refractivity contribution < 1.29 is 9.47 Å². The maximum Gasteiger partial charge on any atom is 0.191 e. The molecule has 0 amide bonds. The van der Waals surface area contributed by atoms with E-state index in [4.69, 9.17) is 14.5 Å². The number of aromatic nitrogens is 2. The number of nitrogens with zero attached hydrogens (tertiary/aromatic N) is 2. The summed E-state index contributed by atoms with van der Waals surface area (Å²) in [6.45, 7) is 11.1. The number of aromatic amines is 1. The van der Waals surface area contributed by atoms with Crippen LogP contribution in [0.2, 0.25) is 0 Å². The number of aryl methyl sites for hydroxylation is 2. The largest absolute Gasteiger partial charge is 0.494 e. The first kappa shape index (κ1) is 24.3. The van der Waals surface area contributed by atoms with Crippen molar-refractivity contribution in [3.8, 4) is 11.5 Å². The van der Waals surface area contributed by atoms with Crippen LogP contribution < -0.4 is 20.1 Å². The summed E-state index contributed by atoms with van der Waals surface area (Å²) < 4.78 is 11.8. The lowest BCUT2D eigenvalue weighted by atomic mass is 10.1. The van der Waals surface area contributed by atoms with Gasteiger partial charge in [0, 0.05) is 36.3 Å². The van der Waals surface area contributed by atoms with Crippen molar-refractivity contribution in [2.24, 2.45) is 4.99 Å². The monoisotopic (exact) mass is 527 g/mol. The van der Waals surface area contributed by atoms with Gasteiger partial charge in [0.1, 0.15) is 17.6 Å². The molecule has 0 radical (unpaired) electrons. The van der Waals surface area contributed by atoms with Crippen LogP contribution in [0.3, 0.4) is 0 Å². The van der Waals surface area contributed by atoms with Crippen LogP contribution in [-0.2, 0) is 19.4 Å². The van der Waals surface area contributed by atoms with Crippen molar-refractivity contribution in [1.29, 1.82) is 0 Å². The van der Waals surface area contributed by atoms with Gasteiger partial charge in [0.05, 0.1) is 19.3 Å². The van der Waals surface area contributed by atoms with Gasteiger partial charge in [-0.15, -0.1) is 24.0 Å². The average molecular weight is 527 g/mol. The topological polar surface area (TPSA) is 83.6 Å². The van der Waals surface area contributed by atoms with E-state index in [1.807, 2.05) is 13.1 Å². The third-order valence-electron chi connectivity index (χ3n) is 4.98. The summed E-state index contributed by atoms with van der Waals surface area (Å²) in [5, 5.41) is 13.8. The van der Waals surface area contributed by atoms with E-state index in [0.717, 1.165) is 61.1 Å². The van der Waals surface area contributed by atoms with Gasteiger partial charge < -0.3 is 20.1 Å². The van der Waals surface area contributed by atoms with Crippen molar-refractivity contribution in [3.63, 3.8) is 0 Å². The summed E-state index contributed by atoms with van der Waals surface area (Å²) in [6, 6.07) is 4.19. The smallest absolute Gasteiger partial charge is 0.191 e. The number of hydrogen-bond acceptors (Lipinski definition) is 4. The minimum Gasteiger partial charge on any atom is -0.494 e. The van der Waals surface area contributed by atoms with E-state index < -0.39 is 0 Å². The third-order valence-corrected chi connectivity index (χ3v) is 4.98. The predicted octanol–water partition coefficient (Wildman–Crippen LogP) is 3.75. The maximum absolute atomic E-state index is 5.92. The van der Waals surface area contributed by atoms with E-state index in [1.54, 1.807) is 0 Å². The standard InChI is InChI=1S/C22H33N5O2.HI/c1-5-23-22(24-9-7-8-17-14-26-27-16(17)4)25-13-19-12-21-18(10-15(3)29-21)11-20(19)28-6-2;/h11-12,14-15H,5-10,13H2,1-4H3,(H,26,27)(H2,23,24,25);1H. The Morgan fingerprint density at radius 1 is 1.30 bits per heavy atom. The van der Waals surface area contributed by atoms with Crippen LogP contribution in [-0.4, -0.2) is 42.0 Å². The zero-order chi connectivity index (χ0) is 20.6. The van der Waals surface area contributed by atoms with Gasteiger partial charge in [-0.3, -0.25) is 5.10 Å². The molecule has 2 aromatic rings. The number of guanidine groups is 1. The Morgan fingerprint density at radius 3 is 2.83 bits per heavy atom. The molecule has 1 aromatic heterocycles. The molecule has 1 unspecified atom stereocenters. The van der Waals surface area contributed by atoms with Crippen molar-refractivity contribution in [2.75, 3.05) is 19.7 Å². The molecule has 2 heterocycles. The van der Waals surface area contributed by atoms with Gasteiger partial charge in [0.15, 0.2) is 5.96 Å². The normalized spacial score (nSPS) is 15.2. The number of halogens is 1. The van der Waals surface area contributed by atoms with Crippen molar-refractivity contribution >= 4 is 29.9 Å². The summed E-state index contributed by atoms with van der Waals surface area (Å²) >= 11 is 0. The Balaban J connectivity index is 0.00000320. The second-order valence-corrected chi connectivity index (χ2v) is 7.38. The number of fused-ring (bicyclic) bond motifs is 1. The van der Waals surface area contributed by atoms with E-state index in [-0.39, 0.29) is 30.1 Å². The number of hydrogen-bond donors (Lipinski definition) is 3. The van der Waals surface area contributed by atoms with Crippen LogP contribution >= 0.6 is 24.0 Å². The Hall–Kier alpha value is -1.97. The van der Waals surface area contributed by atoms with Crippen LogP contribution in [0.5, 0.6) is 11.5 Å². The molecule has 1 aromatic carbocycles. The average Bonchev–Trinajstić information content (AvgIpc) is 3.27. The van der Waals surface area contributed by atoms with Gasteiger partial charge in [0.2, 0.25) is 0 Å². The highest BCUT2D eigenvalue weighted by Gasteiger charge is 2.21. The molecule has 3 N–H and O–H groups in total. The molecular weight excluding hydrogens is 493 g/mol. The number of nitrogens with one attached hydrogen (secondary N) is 3. The molecule has 7 nitrogen and oxygen atoms in total. The van der Waals surface area contributed by atoms with E-state index >= 15 is 0 Å². The van der Waals surface area contributed by atoms with Crippen LogP contribution in [0.4, 0.5) is 0 Å². The van der Waals surface area contributed by atoms with Gasteiger partial charge in [-0.05, 0) is 58.2 Å². The van der Waals surface area contributed by atoms with Gasteiger partial charge >= 0.3 is 0 Å². The first-order valence-corrected chi connectivity index (χ1v) is 10.6. The fraction of sp³-hybridized carbons (Fsp3) is 0.545. The Morgan fingerprint density at radius 2 is 2.13 bits per heavy atom. The molecule has 1 atom stereocenters.